The monoisotopic (exact) mass is 257 g/mol. The number of rotatable bonds is 3. The topological polar surface area (TPSA) is 79.0 Å². The van der Waals surface area contributed by atoms with Gasteiger partial charge in [0.2, 0.25) is 0 Å². The minimum atomic E-state index is -0.549. The molecule has 0 amide bonds. The van der Waals surface area contributed by atoms with Crippen LogP contribution in [0.2, 0.25) is 0 Å². The normalized spacial score (nSPS) is 9.68. The number of nitro benzene ring substituents is 1. The van der Waals surface area contributed by atoms with Crippen LogP contribution >= 0.6 is 0 Å². The Hall–Kier alpha value is -2.94. The third-order valence-corrected chi connectivity index (χ3v) is 2.45. The maximum absolute atomic E-state index is 12.8. The molecule has 0 aliphatic heterocycles. The number of benzene rings is 2. The van der Waals surface area contributed by atoms with Gasteiger partial charge < -0.3 is 5.32 Å². The number of nitriles is 1. The first-order valence-electron chi connectivity index (χ1n) is 5.31. The van der Waals surface area contributed by atoms with Crippen molar-refractivity contribution in [2.45, 2.75) is 0 Å². The lowest BCUT2D eigenvalue weighted by Gasteiger charge is -2.07. The Labute approximate surface area is 108 Å². The van der Waals surface area contributed by atoms with E-state index in [2.05, 4.69) is 5.32 Å². The van der Waals surface area contributed by atoms with Crippen LogP contribution in [-0.2, 0) is 0 Å². The molecular formula is C13H8FN3O2. The summed E-state index contributed by atoms with van der Waals surface area (Å²) in [4.78, 5) is 10.3. The molecule has 0 heterocycles. The zero-order chi connectivity index (χ0) is 13.8. The average molecular weight is 257 g/mol. The Morgan fingerprint density at radius 3 is 2.47 bits per heavy atom. The summed E-state index contributed by atoms with van der Waals surface area (Å²) in [5, 5.41) is 22.5. The molecular weight excluding hydrogens is 249 g/mol. The van der Waals surface area contributed by atoms with Gasteiger partial charge >= 0.3 is 0 Å². The first kappa shape index (κ1) is 12.5. The molecule has 2 aromatic carbocycles. The zero-order valence-electron chi connectivity index (χ0n) is 9.63. The van der Waals surface area contributed by atoms with Gasteiger partial charge in [-0.2, -0.15) is 5.26 Å². The lowest BCUT2D eigenvalue weighted by Crippen LogP contribution is -1.97. The van der Waals surface area contributed by atoms with E-state index in [0.29, 0.717) is 11.3 Å². The third kappa shape index (κ3) is 2.84. The molecule has 0 bridgehead atoms. The Morgan fingerprint density at radius 1 is 1.21 bits per heavy atom. The first-order valence-corrected chi connectivity index (χ1v) is 5.31. The second-order valence-electron chi connectivity index (χ2n) is 3.73. The molecule has 2 rings (SSSR count). The lowest BCUT2D eigenvalue weighted by atomic mass is 10.2. The molecule has 6 heteroatoms. The van der Waals surface area contributed by atoms with Crippen molar-refractivity contribution in [3.63, 3.8) is 0 Å². The first-order chi connectivity index (χ1) is 9.10. The molecule has 5 nitrogen and oxygen atoms in total. The number of hydrogen-bond acceptors (Lipinski definition) is 4. The van der Waals surface area contributed by atoms with Crippen LogP contribution in [0.1, 0.15) is 5.56 Å². The van der Waals surface area contributed by atoms with Crippen LogP contribution < -0.4 is 5.32 Å². The molecule has 0 saturated carbocycles. The van der Waals surface area contributed by atoms with Gasteiger partial charge in [-0.05, 0) is 36.4 Å². The summed E-state index contributed by atoms with van der Waals surface area (Å²) >= 11 is 0. The minimum absolute atomic E-state index is 0.150. The van der Waals surface area contributed by atoms with Crippen molar-refractivity contribution < 1.29 is 9.31 Å². The van der Waals surface area contributed by atoms with Crippen molar-refractivity contribution in [3.8, 4) is 6.07 Å². The number of anilines is 2. The van der Waals surface area contributed by atoms with E-state index < -0.39 is 10.7 Å². The van der Waals surface area contributed by atoms with E-state index in [9.17, 15) is 14.5 Å². The summed E-state index contributed by atoms with van der Waals surface area (Å²) in [5.41, 5.74) is 0.841. The molecule has 94 valence electrons. The molecule has 2 aromatic rings. The fourth-order valence-corrected chi connectivity index (χ4v) is 1.55. The van der Waals surface area contributed by atoms with E-state index in [0.717, 1.165) is 0 Å². The molecule has 0 aromatic heterocycles. The van der Waals surface area contributed by atoms with Crippen molar-refractivity contribution in [1.29, 1.82) is 5.26 Å². The van der Waals surface area contributed by atoms with Gasteiger partial charge in [-0.15, -0.1) is 0 Å². The van der Waals surface area contributed by atoms with Gasteiger partial charge in [0.25, 0.3) is 5.69 Å². The average Bonchev–Trinajstić information content (AvgIpc) is 2.41. The molecule has 19 heavy (non-hydrogen) atoms. The highest BCUT2D eigenvalue weighted by molar-refractivity contribution is 5.71. The van der Waals surface area contributed by atoms with E-state index in [1.807, 2.05) is 6.07 Å². The van der Waals surface area contributed by atoms with Crippen molar-refractivity contribution in [1.82, 2.24) is 0 Å². The van der Waals surface area contributed by atoms with Gasteiger partial charge in [0.15, 0.2) is 0 Å². The number of nitrogens with one attached hydrogen (secondary N) is 1. The van der Waals surface area contributed by atoms with Crippen molar-refractivity contribution >= 4 is 17.1 Å². The van der Waals surface area contributed by atoms with Gasteiger partial charge in [-0.1, -0.05) is 0 Å². The van der Waals surface area contributed by atoms with E-state index in [-0.39, 0.29) is 11.4 Å². The standard InChI is InChI=1S/C13H8FN3O2/c14-10-2-4-11(5-3-10)16-12-7-9(8-15)1-6-13(12)17(18)19/h1-7,16H. The summed E-state index contributed by atoms with van der Waals surface area (Å²) < 4.78 is 12.8. The minimum Gasteiger partial charge on any atom is -0.350 e. The molecule has 0 radical (unpaired) electrons. The fraction of sp³-hybridized carbons (Fsp3) is 0. The second-order valence-corrected chi connectivity index (χ2v) is 3.73. The molecule has 0 unspecified atom stereocenters. The number of hydrogen-bond donors (Lipinski definition) is 1. The van der Waals surface area contributed by atoms with Crippen LogP contribution in [0.25, 0.3) is 0 Å². The van der Waals surface area contributed by atoms with Crippen LogP contribution in [-0.4, -0.2) is 4.92 Å². The van der Waals surface area contributed by atoms with Crippen LogP contribution in [0, 0.1) is 27.3 Å². The van der Waals surface area contributed by atoms with Gasteiger partial charge in [0, 0.05) is 11.8 Å². The highest BCUT2D eigenvalue weighted by Gasteiger charge is 2.14. The molecule has 1 N–H and O–H groups in total. The van der Waals surface area contributed by atoms with Crippen molar-refractivity contribution in [2.75, 3.05) is 5.32 Å². The Balaban J connectivity index is 2.40. The summed E-state index contributed by atoms with van der Waals surface area (Å²) in [6.45, 7) is 0. The smallest absolute Gasteiger partial charge is 0.292 e. The van der Waals surface area contributed by atoms with Crippen LogP contribution in [0.5, 0.6) is 0 Å². The summed E-state index contributed by atoms with van der Waals surface area (Å²) in [6, 6.07) is 11.3. The summed E-state index contributed by atoms with van der Waals surface area (Å²) in [6.07, 6.45) is 0. The predicted molar refractivity (Wildman–Crippen MR) is 67.5 cm³/mol. The summed E-state index contributed by atoms with van der Waals surface area (Å²) in [5.74, 6) is -0.397. The van der Waals surface area contributed by atoms with Crippen LogP contribution in [0.15, 0.2) is 42.5 Å². The Kier molecular flexibility index (Phi) is 3.39. The highest BCUT2D eigenvalue weighted by Crippen LogP contribution is 2.28. The predicted octanol–water partition coefficient (Wildman–Crippen LogP) is 3.35. The van der Waals surface area contributed by atoms with Gasteiger partial charge in [-0.3, -0.25) is 10.1 Å². The van der Waals surface area contributed by atoms with E-state index in [1.165, 1.54) is 42.5 Å². The van der Waals surface area contributed by atoms with Gasteiger partial charge in [-0.25, -0.2) is 4.39 Å². The molecule has 0 spiro atoms. The quantitative estimate of drug-likeness (QED) is 0.675. The van der Waals surface area contributed by atoms with Gasteiger partial charge in [0.05, 0.1) is 16.6 Å². The van der Waals surface area contributed by atoms with Crippen LogP contribution in [0.3, 0.4) is 0 Å². The highest BCUT2D eigenvalue weighted by atomic mass is 19.1. The van der Waals surface area contributed by atoms with Crippen molar-refractivity contribution in [2.24, 2.45) is 0 Å². The zero-order valence-corrected chi connectivity index (χ0v) is 9.63. The van der Waals surface area contributed by atoms with E-state index >= 15 is 0 Å². The van der Waals surface area contributed by atoms with E-state index in [4.69, 9.17) is 5.26 Å². The van der Waals surface area contributed by atoms with Crippen LogP contribution in [0.4, 0.5) is 21.5 Å². The SMILES string of the molecule is N#Cc1ccc([N+](=O)[O-])c(Nc2ccc(F)cc2)c1. The maximum Gasteiger partial charge on any atom is 0.292 e. The number of nitro groups is 1. The van der Waals surface area contributed by atoms with Crippen molar-refractivity contribution in [3.05, 3.63) is 64.0 Å². The Bertz CT molecular complexity index is 663. The molecule has 0 saturated heterocycles. The maximum atomic E-state index is 12.8. The largest absolute Gasteiger partial charge is 0.350 e. The second kappa shape index (κ2) is 5.14. The summed E-state index contributed by atoms with van der Waals surface area (Å²) in [7, 11) is 0. The molecule has 0 aliphatic rings. The fourth-order valence-electron chi connectivity index (χ4n) is 1.55. The van der Waals surface area contributed by atoms with E-state index in [1.54, 1.807) is 0 Å². The molecule has 0 atom stereocenters. The number of halogens is 1. The number of nitrogens with zero attached hydrogens (tertiary/aromatic N) is 2. The lowest BCUT2D eigenvalue weighted by molar-refractivity contribution is -0.383. The molecule has 0 fully saturated rings. The Morgan fingerprint density at radius 2 is 1.89 bits per heavy atom. The third-order valence-electron chi connectivity index (χ3n) is 2.45. The van der Waals surface area contributed by atoms with Gasteiger partial charge in [0.1, 0.15) is 11.5 Å². The molecule has 0 aliphatic carbocycles.